The molecule has 1 atom stereocenters. The maximum absolute atomic E-state index is 4.90. The predicted molar refractivity (Wildman–Crippen MR) is 88.3 cm³/mol. The second-order valence-electron chi connectivity index (χ2n) is 7.09. The number of rotatable bonds is 1. The van der Waals surface area contributed by atoms with Gasteiger partial charge in [0.15, 0.2) is 0 Å². The van der Waals surface area contributed by atoms with Crippen LogP contribution in [-0.4, -0.2) is 0 Å². The van der Waals surface area contributed by atoms with Crippen molar-refractivity contribution < 1.29 is 0 Å². The van der Waals surface area contributed by atoms with E-state index in [2.05, 4.69) is 24.3 Å². The summed E-state index contributed by atoms with van der Waals surface area (Å²) in [5, 5.41) is 4.90. The van der Waals surface area contributed by atoms with Crippen molar-refractivity contribution in [3.8, 4) is 0 Å². The molecule has 1 unspecified atom stereocenters. The molecule has 4 rings (SSSR count). The lowest BCUT2D eigenvalue weighted by atomic mass is 9.78. The van der Waals surface area contributed by atoms with Crippen LogP contribution >= 0.6 is 0 Å². The van der Waals surface area contributed by atoms with Gasteiger partial charge in [0, 0.05) is 11.3 Å². The predicted octanol–water partition coefficient (Wildman–Crippen LogP) is 5.81. The highest BCUT2D eigenvalue weighted by molar-refractivity contribution is 5.84. The molecule has 1 aromatic carbocycles. The molecule has 1 heterocycles. The topological polar surface area (TPSA) is 14.1 Å². The molecular weight excluding hydrogens is 254 g/mol. The number of para-hydroxylation sites is 1. The Morgan fingerprint density at radius 3 is 2.33 bits per heavy atom. The highest BCUT2D eigenvalue weighted by atomic mass is 14.9. The summed E-state index contributed by atoms with van der Waals surface area (Å²) in [6, 6.07) is 8.80. The van der Waals surface area contributed by atoms with E-state index in [1.165, 1.54) is 81.2 Å². The van der Waals surface area contributed by atoms with Crippen molar-refractivity contribution in [1.82, 2.24) is 5.32 Å². The number of hydrogen-bond donors (Lipinski definition) is 0. The number of hydrogen-bond acceptors (Lipinski definition) is 0. The third-order valence-corrected chi connectivity index (χ3v) is 5.79. The maximum atomic E-state index is 4.90. The van der Waals surface area contributed by atoms with E-state index in [0.29, 0.717) is 0 Å². The molecule has 0 N–H and O–H groups in total. The van der Waals surface area contributed by atoms with Gasteiger partial charge in [-0.2, -0.15) is 0 Å². The fraction of sp³-hybridized carbons (Fsp3) is 0.600. The van der Waals surface area contributed by atoms with E-state index < -0.39 is 0 Å². The van der Waals surface area contributed by atoms with Crippen LogP contribution in [-0.2, 0) is 0 Å². The van der Waals surface area contributed by atoms with Gasteiger partial charge in [-0.25, -0.2) is 0 Å². The van der Waals surface area contributed by atoms with Gasteiger partial charge in [-0.05, 0) is 49.2 Å². The van der Waals surface area contributed by atoms with E-state index in [-0.39, 0.29) is 0 Å². The van der Waals surface area contributed by atoms with Crippen molar-refractivity contribution in [1.29, 1.82) is 0 Å². The van der Waals surface area contributed by atoms with Gasteiger partial charge in [0.2, 0.25) is 0 Å². The Morgan fingerprint density at radius 2 is 1.52 bits per heavy atom. The van der Waals surface area contributed by atoms with Crippen LogP contribution < -0.4 is 5.32 Å². The van der Waals surface area contributed by atoms with Crippen LogP contribution in [0.2, 0.25) is 0 Å². The molecule has 1 aliphatic heterocycles. The second-order valence-corrected chi connectivity index (χ2v) is 7.09. The minimum absolute atomic E-state index is 0.797. The highest BCUT2D eigenvalue weighted by Gasteiger charge is 2.37. The Hall–Kier alpha value is -1.24. The molecule has 1 radical (unpaired) electrons. The largest absolute Gasteiger partial charge is 0.253 e. The number of fused-ring (bicyclic) bond motifs is 2. The van der Waals surface area contributed by atoms with Gasteiger partial charge in [-0.1, -0.05) is 56.7 Å². The van der Waals surface area contributed by atoms with Crippen LogP contribution in [0.25, 0.3) is 5.57 Å². The highest BCUT2D eigenvalue weighted by Crippen LogP contribution is 2.51. The van der Waals surface area contributed by atoms with Crippen molar-refractivity contribution in [3.05, 3.63) is 35.5 Å². The molecule has 0 aromatic heterocycles. The number of benzene rings is 1. The summed E-state index contributed by atoms with van der Waals surface area (Å²) >= 11 is 0. The van der Waals surface area contributed by atoms with Crippen LogP contribution in [0, 0.1) is 11.8 Å². The number of allylic oxidation sites excluding steroid dienone is 2. The first-order valence-electron chi connectivity index (χ1n) is 8.97. The fourth-order valence-corrected chi connectivity index (χ4v) is 4.74. The van der Waals surface area contributed by atoms with Crippen molar-refractivity contribution in [2.45, 2.75) is 64.2 Å². The first kappa shape index (κ1) is 13.4. The average molecular weight is 280 g/mol. The van der Waals surface area contributed by atoms with Gasteiger partial charge in [0.1, 0.15) is 0 Å². The van der Waals surface area contributed by atoms with Crippen molar-refractivity contribution in [2.75, 3.05) is 0 Å². The van der Waals surface area contributed by atoms with Crippen molar-refractivity contribution in [2.24, 2.45) is 11.8 Å². The molecule has 1 fully saturated rings. The quantitative estimate of drug-likeness (QED) is 0.616. The van der Waals surface area contributed by atoms with Crippen molar-refractivity contribution in [3.63, 3.8) is 0 Å². The summed E-state index contributed by atoms with van der Waals surface area (Å²) in [5.74, 6) is 1.71. The van der Waals surface area contributed by atoms with Gasteiger partial charge in [0.25, 0.3) is 0 Å². The summed E-state index contributed by atoms with van der Waals surface area (Å²) in [6.45, 7) is 0. The lowest BCUT2D eigenvalue weighted by Gasteiger charge is -2.25. The third kappa shape index (κ3) is 2.52. The second kappa shape index (κ2) is 5.87. The van der Waals surface area contributed by atoms with E-state index in [1.807, 2.05) is 0 Å². The summed E-state index contributed by atoms with van der Waals surface area (Å²) in [6.07, 6.45) is 14.2. The Morgan fingerprint density at radius 1 is 0.810 bits per heavy atom. The van der Waals surface area contributed by atoms with Gasteiger partial charge in [-0.3, -0.25) is 5.32 Å². The monoisotopic (exact) mass is 280 g/mol. The van der Waals surface area contributed by atoms with Crippen LogP contribution in [0.5, 0.6) is 0 Å². The van der Waals surface area contributed by atoms with Gasteiger partial charge >= 0.3 is 0 Å². The summed E-state index contributed by atoms with van der Waals surface area (Å²) in [7, 11) is 0. The molecule has 1 aromatic rings. The van der Waals surface area contributed by atoms with Gasteiger partial charge in [0.05, 0.1) is 5.69 Å². The minimum atomic E-state index is 0.797. The molecule has 0 bridgehead atoms. The summed E-state index contributed by atoms with van der Waals surface area (Å²) in [4.78, 5) is 0. The first-order valence-corrected chi connectivity index (χ1v) is 8.97. The average Bonchev–Trinajstić information content (AvgIpc) is 3.09. The SMILES string of the molecule is c1ccc2c(c1)[N]C1=C2C(C2CCCCCCCC2)CC1. The molecule has 0 amide bonds. The molecule has 21 heavy (non-hydrogen) atoms. The van der Waals surface area contributed by atoms with E-state index in [1.54, 1.807) is 5.57 Å². The van der Waals surface area contributed by atoms with Gasteiger partial charge < -0.3 is 0 Å². The smallest absolute Gasteiger partial charge is 0.0708 e. The normalized spacial score (nSPS) is 26.6. The molecular formula is C20H26N. The molecule has 0 saturated heterocycles. The number of nitrogens with zero attached hydrogens (tertiary/aromatic N) is 1. The Balaban J connectivity index is 1.58. The molecule has 0 spiro atoms. The molecule has 1 nitrogen and oxygen atoms in total. The first-order chi connectivity index (χ1) is 10.4. The lowest BCUT2D eigenvalue weighted by molar-refractivity contribution is 0.335. The van der Waals surface area contributed by atoms with Crippen LogP contribution in [0.3, 0.4) is 0 Å². The minimum Gasteiger partial charge on any atom is -0.253 e. The zero-order valence-corrected chi connectivity index (χ0v) is 13.0. The molecule has 2 aliphatic carbocycles. The zero-order valence-electron chi connectivity index (χ0n) is 13.0. The molecule has 1 heteroatoms. The molecule has 1 saturated carbocycles. The van der Waals surface area contributed by atoms with Crippen LogP contribution in [0.4, 0.5) is 5.69 Å². The summed E-state index contributed by atoms with van der Waals surface area (Å²) < 4.78 is 0. The third-order valence-electron chi connectivity index (χ3n) is 5.79. The molecule has 111 valence electrons. The van der Waals surface area contributed by atoms with Crippen LogP contribution in [0.1, 0.15) is 69.8 Å². The molecule has 3 aliphatic rings. The van der Waals surface area contributed by atoms with Crippen molar-refractivity contribution >= 4 is 11.3 Å². The lowest BCUT2D eigenvalue weighted by Crippen LogP contribution is -2.14. The van der Waals surface area contributed by atoms with Crippen LogP contribution in [0.15, 0.2) is 30.0 Å². The Kier molecular flexibility index (Phi) is 3.75. The Labute approximate surface area is 128 Å². The summed E-state index contributed by atoms with van der Waals surface area (Å²) in [5.41, 5.74) is 5.74. The van der Waals surface area contributed by atoms with E-state index in [9.17, 15) is 0 Å². The standard InChI is InChI=1S/C20H26N/c1-2-4-6-10-15(9-5-3-1)16-13-14-19-20(16)17-11-7-8-12-18(17)21-19/h7-8,11-12,15-16H,1-6,9-10,13-14H2. The Bertz CT molecular complexity index is 533. The van der Waals surface area contributed by atoms with E-state index in [0.717, 1.165) is 11.8 Å². The fourth-order valence-electron chi connectivity index (χ4n) is 4.74. The maximum Gasteiger partial charge on any atom is 0.0708 e. The van der Waals surface area contributed by atoms with E-state index in [4.69, 9.17) is 5.32 Å². The van der Waals surface area contributed by atoms with E-state index >= 15 is 0 Å². The zero-order chi connectivity index (χ0) is 14.1. The van der Waals surface area contributed by atoms with Gasteiger partial charge in [-0.15, -0.1) is 0 Å².